The van der Waals surface area contributed by atoms with Gasteiger partial charge in [0.05, 0.1) is 9.88 Å². The predicted octanol–water partition coefficient (Wildman–Crippen LogP) is 4.40. The molecule has 0 atom stereocenters. The minimum atomic E-state index is 0.919. The number of rotatable bonds is 2. The number of pyridine rings is 1. The predicted molar refractivity (Wildman–Crippen MR) is 98.5 cm³/mol. The summed E-state index contributed by atoms with van der Waals surface area (Å²) in [5.41, 5.74) is 7.97. The topological polar surface area (TPSA) is 64.2 Å². The van der Waals surface area contributed by atoms with Crippen LogP contribution in [0.5, 0.6) is 0 Å². The molecule has 0 fully saturated rings. The second-order valence-electron chi connectivity index (χ2n) is 4.59. The Hall–Kier alpha value is -2.01. The molecule has 2 N–H and O–H groups in total. The molecule has 120 valence electrons. The number of nitrogens with two attached hydrogens (primary N) is 1. The van der Waals surface area contributed by atoms with Crippen molar-refractivity contribution in [1.82, 2.24) is 9.97 Å². The van der Waals surface area contributed by atoms with E-state index in [1.807, 2.05) is 53.1 Å². The number of hydrogen-bond acceptors (Lipinski definition) is 5. The van der Waals surface area contributed by atoms with E-state index in [2.05, 4.69) is 33.3 Å². The number of aromatic nitrogens is 2. The van der Waals surface area contributed by atoms with E-state index in [0.29, 0.717) is 0 Å². The molecule has 22 heavy (non-hydrogen) atoms. The van der Waals surface area contributed by atoms with Gasteiger partial charge in [-0.15, -0.1) is 11.3 Å². The van der Waals surface area contributed by atoms with E-state index in [0.717, 1.165) is 28.5 Å². The van der Waals surface area contributed by atoms with Gasteiger partial charge >= 0.3 is 0 Å². The van der Waals surface area contributed by atoms with E-state index in [9.17, 15) is 0 Å². The van der Waals surface area contributed by atoms with E-state index >= 15 is 0 Å². The summed E-state index contributed by atoms with van der Waals surface area (Å²) in [6.07, 6.45) is 5.04. The molecule has 4 nitrogen and oxygen atoms in total. The molecule has 5 heteroatoms. The van der Waals surface area contributed by atoms with Gasteiger partial charge in [0, 0.05) is 35.9 Å². The van der Waals surface area contributed by atoms with Gasteiger partial charge in [0.25, 0.3) is 0 Å². The first kappa shape index (κ1) is 20.0. The third-order valence-corrected chi connectivity index (χ3v) is 3.25. The van der Waals surface area contributed by atoms with Crippen molar-refractivity contribution in [2.45, 2.75) is 34.6 Å². The lowest BCUT2D eigenvalue weighted by Crippen LogP contribution is -1.79. The molecule has 0 bridgehead atoms. The summed E-state index contributed by atoms with van der Waals surface area (Å²) in [5, 5.41) is 1.09. The van der Waals surface area contributed by atoms with Crippen molar-refractivity contribution in [3.8, 4) is 10.4 Å². The fraction of sp³-hybridized carbons (Fsp3) is 0.353. The monoisotopic (exact) mass is 318 g/mol. The van der Waals surface area contributed by atoms with Gasteiger partial charge in [0.15, 0.2) is 0 Å². The first-order valence-corrected chi connectivity index (χ1v) is 7.91. The summed E-state index contributed by atoms with van der Waals surface area (Å²) in [4.78, 5) is 13.7. The van der Waals surface area contributed by atoms with Crippen molar-refractivity contribution < 1.29 is 0 Å². The third kappa shape index (κ3) is 9.02. The fourth-order valence-corrected chi connectivity index (χ4v) is 2.19. The molecule has 0 amide bonds. The highest BCUT2D eigenvalue weighted by Gasteiger charge is 2.00. The average molecular weight is 318 g/mol. The zero-order chi connectivity index (χ0) is 17.0. The molecule has 0 aromatic carbocycles. The van der Waals surface area contributed by atoms with Crippen molar-refractivity contribution in [3.05, 3.63) is 48.0 Å². The fourth-order valence-electron chi connectivity index (χ4n) is 1.42. The van der Waals surface area contributed by atoms with Crippen LogP contribution in [-0.2, 0) is 0 Å². The van der Waals surface area contributed by atoms with Crippen LogP contribution in [0, 0.1) is 13.8 Å². The Kier molecular flexibility index (Phi) is 10.6. The molecule has 0 saturated carbocycles. The van der Waals surface area contributed by atoms with Gasteiger partial charge < -0.3 is 5.73 Å². The Labute approximate surface area is 137 Å². The summed E-state index contributed by atoms with van der Waals surface area (Å²) in [5.74, 6) is 0. The molecule has 0 aliphatic carbocycles. The first-order chi connectivity index (χ1) is 10.4. The summed E-state index contributed by atoms with van der Waals surface area (Å²) < 4.78 is 0. The first-order valence-electron chi connectivity index (χ1n) is 7.10. The van der Waals surface area contributed by atoms with Crippen molar-refractivity contribution in [2.24, 2.45) is 10.7 Å². The minimum Gasteiger partial charge on any atom is -0.405 e. The maximum Gasteiger partial charge on any atom is 0.0900 e. The zero-order valence-electron chi connectivity index (χ0n) is 14.1. The van der Waals surface area contributed by atoms with Crippen LogP contribution < -0.4 is 5.73 Å². The highest BCUT2D eigenvalue weighted by Crippen LogP contribution is 2.24. The minimum absolute atomic E-state index is 0.919. The van der Waals surface area contributed by atoms with Gasteiger partial charge in [-0.25, -0.2) is 4.98 Å². The number of hydrogen-bond donors (Lipinski definition) is 1. The molecule has 0 saturated heterocycles. The molecule has 0 spiro atoms. The van der Waals surface area contributed by atoms with Crippen LogP contribution in [-0.4, -0.2) is 22.2 Å². The molecule has 0 aliphatic rings. The number of aliphatic imine (C=N–C) groups is 1. The molecule has 0 unspecified atom stereocenters. The van der Waals surface area contributed by atoms with E-state index < -0.39 is 0 Å². The molecule has 2 aromatic rings. The summed E-state index contributed by atoms with van der Waals surface area (Å²) in [6, 6.07) is 4.10. The molecule has 0 radical (unpaired) electrons. The summed E-state index contributed by atoms with van der Waals surface area (Å²) in [7, 11) is 0. The molecular formula is C17H26N4S. The highest BCUT2D eigenvalue weighted by atomic mass is 32.1. The van der Waals surface area contributed by atoms with Crippen LogP contribution in [0.4, 0.5) is 0 Å². The van der Waals surface area contributed by atoms with Gasteiger partial charge in [0.2, 0.25) is 0 Å². The Morgan fingerprint density at radius 3 is 2.23 bits per heavy atom. The smallest absolute Gasteiger partial charge is 0.0900 e. The second-order valence-corrected chi connectivity index (χ2v) is 5.82. The lowest BCUT2D eigenvalue weighted by Gasteiger charge is -1.95. The van der Waals surface area contributed by atoms with Crippen LogP contribution in [0.2, 0.25) is 0 Å². The lowest BCUT2D eigenvalue weighted by atomic mass is 10.2. The Balaban J connectivity index is 0.000000414. The van der Waals surface area contributed by atoms with E-state index in [1.165, 1.54) is 11.1 Å². The van der Waals surface area contributed by atoms with Crippen LogP contribution in [0.25, 0.3) is 10.4 Å². The van der Waals surface area contributed by atoms with Crippen molar-refractivity contribution in [2.75, 3.05) is 6.54 Å². The Morgan fingerprint density at radius 1 is 1.27 bits per heavy atom. The second kappa shape index (κ2) is 11.6. The van der Waals surface area contributed by atoms with Crippen LogP contribution in [0.1, 0.15) is 31.5 Å². The van der Waals surface area contributed by atoms with E-state index in [1.54, 1.807) is 11.3 Å². The van der Waals surface area contributed by atoms with Gasteiger partial charge in [-0.05, 0) is 46.9 Å². The zero-order valence-corrected chi connectivity index (χ0v) is 14.9. The standard InChI is InChI=1S/C10H10N2S.C5H11N.C2H5N/c1-7-3-4-9(5-11-7)10-6-12-8(2)13-10;1-4-6-5(2)3;1-2-3/h3-6H,1-2H3;4H2,1-3H3;2H,1,3H2. The molecular weight excluding hydrogens is 292 g/mol. The van der Waals surface area contributed by atoms with Gasteiger partial charge in [0.1, 0.15) is 0 Å². The molecule has 2 rings (SSSR count). The van der Waals surface area contributed by atoms with Gasteiger partial charge in [-0.3, -0.25) is 9.98 Å². The van der Waals surface area contributed by atoms with Crippen LogP contribution >= 0.6 is 11.3 Å². The van der Waals surface area contributed by atoms with Crippen LogP contribution in [0.15, 0.2) is 42.3 Å². The van der Waals surface area contributed by atoms with Crippen molar-refractivity contribution in [3.63, 3.8) is 0 Å². The summed E-state index contributed by atoms with van der Waals surface area (Å²) in [6.45, 7) is 14.1. The molecule has 2 heterocycles. The quantitative estimate of drug-likeness (QED) is 0.835. The molecule has 2 aromatic heterocycles. The maximum absolute atomic E-state index is 4.61. The summed E-state index contributed by atoms with van der Waals surface area (Å²) >= 11 is 1.70. The average Bonchev–Trinajstić information content (AvgIpc) is 2.88. The normalized spacial score (nSPS) is 8.77. The number of nitrogens with zero attached hydrogens (tertiary/aromatic N) is 3. The number of aryl methyl sites for hydroxylation is 2. The van der Waals surface area contributed by atoms with E-state index in [-0.39, 0.29) is 0 Å². The largest absolute Gasteiger partial charge is 0.405 e. The third-order valence-electron chi connectivity index (χ3n) is 2.29. The van der Waals surface area contributed by atoms with Gasteiger partial charge in [-0.1, -0.05) is 12.6 Å². The van der Waals surface area contributed by atoms with E-state index in [4.69, 9.17) is 0 Å². The van der Waals surface area contributed by atoms with Crippen molar-refractivity contribution in [1.29, 1.82) is 0 Å². The van der Waals surface area contributed by atoms with Crippen LogP contribution in [0.3, 0.4) is 0 Å². The lowest BCUT2D eigenvalue weighted by molar-refractivity contribution is 1.12. The highest BCUT2D eigenvalue weighted by molar-refractivity contribution is 7.15. The SMILES string of the molecule is C=CN.CCN=C(C)C.Cc1ccc(-c2cnc(C)s2)cn1. The van der Waals surface area contributed by atoms with Crippen molar-refractivity contribution >= 4 is 17.0 Å². The van der Waals surface area contributed by atoms with Gasteiger partial charge in [-0.2, -0.15) is 0 Å². The maximum atomic E-state index is 4.61. The number of thiazole rings is 1. The Morgan fingerprint density at radius 2 is 1.91 bits per heavy atom. The molecule has 0 aliphatic heterocycles. The Bertz CT molecular complexity index is 567.